The summed E-state index contributed by atoms with van der Waals surface area (Å²) in [4.78, 5) is 50.4. The Bertz CT molecular complexity index is 1980. The SMILES string of the molecule is CCN(C(C)C)C(C)C.CCN(C(C)C)C(C)C.Clc1ncnc(Cl)n1.NC1CC1.Nc1ccc2c(c1)CCC(=O)N2.O=C1CCc2cc(Nc3ncnc(NC4CC4)n3)ccc2N1. The van der Waals surface area contributed by atoms with E-state index in [1.165, 1.54) is 38.3 Å². The minimum absolute atomic E-state index is 0.0708. The Balaban J connectivity index is 0.000000222. The highest BCUT2D eigenvalue weighted by molar-refractivity contribution is 6.30. The molecule has 8 rings (SSSR count). The predicted octanol–water partition coefficient (Wildman–Crippen LogP) is 8.76. The van der Waals surface area contributed by atoms with Crippen molar-refractivity contribution in [3.63, 3.8) is 0 Å². The molecule has 2 aliphatic heterocycles. The molecule has 0 atom stereocenters. The van der Waals surface area contributed by atoms with Crippen LogP contribution in [0.1, 0.15) is 119 Å². The van der Waals surface area contributed by atoms with Gasteiger partial charge in [-0.3, -0.25) is 19.4 Å². The summed E-state index contributed by atoms with van der Waals surface area (Å²) < 4.78 is 0. The third kappa shape index (κ3) is 20.8. The molecule has 16 nitrogen and oxygen atoms in total. The summed E-state index contributed by atoms with van der Waals surface area (Å²) >= 11 is 10.6. The first-order chi connectivity index (χ1) is 30.4. The molecule has 352 valence electrons. The van der Waals surface area contributed by atoms with Crippen molar-refractivity contribution < 1.29 is 9.59 Å². The Labute approximate surface area is 390 Å². The van der Waals surface area contributed by atoms with E-state index in [0.29, 0.717) is 61.0 Å². The highest BCUT2D eigenvalue weighted by Crippen LogP contribution is 2.28. The van der Waals surface area contributed by atoms with Gasteiger partial charge >= 0.3 is 0 Å². The van der Waals surface area contributed by atoms with Gasteiger partial charge in [0.15, 0.2) is 0 Å². The highest BCUT2D eigenvalue weighted by atomic mass is 35.5. The summed E-state index contributed by atoms with van der Waals surface area (Å²) in [6.45, 7) is 24.7. The second-order valence-electron chi connectivity index (χ2n) is 17.0. The smallest absolute Gasteiger partial charge is 0.231 e. The van der Waals surface area contributed by atoms with E-state index in [1.807, 2.05) is 30.3 Å². The number of aromatic nitrogens is 6. The van der Waals surface area contributed by atoms with E-state index in [4.69, 9.17) is 34.7 Å². The van der Waals surface area contributed by atoms with E-state index in [-0.39, 0.29) is 22.4 Å². The van der Waals surface area contributed by atoms with Crippen LogP contribution in [0.2, 0.25) is 10.6 Å². The maximum Gasteiger partial charge on any atom is 0.231 e. The number of rotatable bonds is 10. The van der Waals surface area contributed by atoms with Gasteiger partial charge in [0, 0.05) is 71.8 Å². The van der Waals surface area contributed by atoms with Crippen LogP contribution in [0, 0.1) is 0 Å². The molecule has 4 heterocycles. The lowest BCUT2D eigenvalue weighted by molar-refractivity contribution is -0.117. The molecule has 2 aromatic carbocycles. The number of nitrogens with two attached hydrogens (primary N) is 2. The Morgan fingerprint density at radius 2 is 1.11 bits per heavy atom. The summed E-state index contributed by atoms with van der Waals surface area (Å²) in [7, 11) is 0. The number of hydrogen-bond acceptors (Lipinski definition) is 14. The number of carbonyl (C=O) groups is 2. The maximum absolute atomic E-state index is 11.4. The molecule has 2 aromatic heterocycles. The number of nitrogens with zero attached hydrogens (tertiary/aromatic N) is 8. The molecule has 2 saturated carbocycles. The zero-order valence-electron chi connectivity index (χ0n) is 39.5. The second-order valence-corrected chi connectivity index (χ2v) is 17.6. The highest BCUT2D eigenvalue weighted by Gasteiger charge is 2.22. The topological polar surface area (TPSA) is 218 Å². The first-order valence-corrected chi connectivity index (χ1v) is 23.2. The zero-order chi connectivity index (χ0) is 47.3. The van der Waals surface area contributed by atoms with Gasteiger partial charge < -0.3 is 32.7 Å². The van der Waals surface area contributed by atoms with E-state index in [9.17, 15) is 9.59 Å². The maximum atomic E-state index is 11.4. The van der Waals surface area contributed by atoms with E-state index in [1.54, 1.807) is 6.07 Å². The molecule has 2 amide bonds. The van der Waals surface area contributed by atoms with Crippen LogP contribution in [0.4, 0.5) is 34.6 Å². The Morgan fingerprint density at radius 1 is 0.656 bits per heavy atom. The molecule has 2 aliphatic carbocycles. The van der Waals surface area contributed by atoms with Gasteiger partial charge in [-0.15, -0.1) is 0 Å². The number of hydrogen-bond donors (Lipinski definition) is 6. The van der Waals surface area contributed by atoms with Crippen molar-refractivity contribution in [3.8, 4) is 0 Å². The number of carbonyl (C=O) groups excluding carboxylic acids is 2. The number of halogens is 2. The van der Waals surface area contributed by atoms with Crippen LogP contribution in [0.5, 0.6) is 0 Å². The van der Waals surface area contributed by atoms with E-state index < -0.39 is 0 Å². The van der Waals surface area contributed by atoms with Crippen LogP contribution in [0.3, 0.4) is 0 Å². The number of amides is 2. The van der Waals surface area contributed by atoms with E-state index >= 15 is 0 Å². The lowest BCUT2D eigenvalue weighted by Gasteiger charge is -2.28. The second kappa shape index (κ2) is 27.6. The molecule has 0 saturated heterocycles. The van der Waals surface area contributed by atoms with Gasteiger partial charge in [-0.25, -0.2) is 19.9 Å². The summed E-state index contributed by atoms with van der Waals surface area (Å²) in [6, 6.07) is 15.2. The number of benzene rings is 2. The molecule has 64 heavy (non-hydrogen) atoms. The number of nitrogen functional groups attached to an aromatic ring is 1. The number of aryl methyl sites for hydroxylation is 2. The summed E-state index contributed by atoms with van der Waals surface area (Å²) in [5, 5.41) is 12.3. The van der Waals surface area contributed by atoms with Crippen molar-refractivity contribution in [1.82, 2.24) is 39.7 Å². The Hall–Kier alpha value is -4.74. The lowest BCUT2D eigenvalue weighted by Crippen LogP contribution is -2.36. The predicted molar refractivity (Wildman–Crippen MR) is 263 cm³/mol. The van der Waals surface area contributed by atoms with Crippen LogP contribution in [-0.4, -0.2) is 101 Å². The number of anilines is 6. The average Bonchev–Trinajstić information content (AvgIpc) is 4.18. The first-order valence-electron chi connectivity index (χ1n) is 22.5. The quantitative estimate of drug-likeness (QED) is 0.0820. The fourth-order valence-corrected chi connectivity index (χ4v) is 7.13. The van der Waals surface area contributed by atoms with Gasteiger partial charge in [0.25, 0.3) is 0 Å². The van der Waals surface area contributed by atoms with Crippen molar-refractivity contribution in [2.75, 3.05) is 40.1 Å². The van der Waals surface area contributed by atoms with Crippen molar-refractivity contribution in [3.05, 3.63) is 70.7 Å². The van der Waals surface area contributed by atoms with E-state index in [2.05, 4.69) is 130 Å². The van der Waals surface area contributed by atoms with Gasteiger partial charge in [-0.05, 0) is 178 Å². The molecule has 8 N–H and O–H groups in total. The molecule has 4 aliphatic rings. The fourth-order valence-electron chi connectivity index (χ4n) is 6.84. The molecule has 0 unspecified atom stereocenters. The molecule has 2 fully saturated rings. The van der Waals surface area contributed by atoms with Gasteiger partial charge in [0.1, 0.15) is 12.7 Å². The Kier molecular flexibility index (Phi) is 23.1. The van der Waals surface area contributed by atoms with Gasteiger partial charge in [0.05, 0.1) is 0 Å². The number of nitrogens with one attached hydrogen (secondary N) is 4. The Morgan fingerprint density at radius 3 is 1.52 bits per heavy atom. The molecule has 18 heteroatoms. The summed E-state index contributed by atoms with van der Waals surface area (Å²) in [6.07, 6.45) is 10.3. The van der Waals surface area contributed by atoms with Gasteiger partial charge in [-0.1, -0.05) is 13.8 Å². The minimum atomic E-state index is 0.0708. The van der Waals surface area contributed by atoms with E-state index in [0.717, 1.165) is 59.8 Å². The molecular formula is C46H72Cl2N14O2. The van der Waals surface area contributed by atoms with Crippen molar-refractivity contribution in [1.29, 1.82) is 0 Å². The van der Waals surface area contributed by atoms with Gasteiger partial charge in [0.2, 0.25) is 34.3 Å². The van der Waals surface area contributed by atoms with Crippen LogP contribution >= 0.6 is 23.2 Å². The van der Waals surface area contributed by atoms with Crippen LogP contribution in [0.15, 0.2) is 49.1 Å². The minimum Gasteiger partial charge on any atom is -0.399 e. The molecule has 4 aromatic rings. The first kappa shape index (κ1) is 53.6. The van der Waals surface area contributed by atoms with Gasteiger partial charge in [-0.2, -0.15) is 9.97 Å². The third-order valence-corrected chi connectivity index (χ3v) is 10.6. The molecule has 0 radical (unpaired) electrons. The summed E-state index contributed by atoms with van der Waals surface area (Å²) in [5.74, 6) is 1.27. The summed E-state index contributed by atoms with van der Waals surface area (Å²) in [5.41, 5.74) is 16.5. The monoisotopic (exact) mass is 923 g/mol. The van der Waals surface area contributed by atoms with Crippen molar-refractivity contribution in [2.45, 2.75) is 157 Å². The molecular weight excluding hydrogens is 852 g/mol. The van der Waals surface area contributed by atoms with Crippen molar-refractivity contribution in [2.24, 2.45) is 5.73 Å². The molecule has 0 bridgehead atoms. The average molecular weight is 924 g/mol. The zero-order valence-corrected chi connectivity index (χ0v) is 41.0. The fraction of sp³-hybridized carbons (Fsp3) is 0.565. The van der Waals surface area contributed by atoms with Crippen LogP contribution in [0.25, 0.3) is 0 Å². The normalized spacial score (nSPS) is 14.7. The number of fused-ring (bicyclic) bond motifs is 2. The van der Waals surface area contributed by atoms with Crippen LogP contribution in [-0.2, 0) is 22.4 Å². The largest absolute Gasteiger partial charge is 0.399 e. The third-order valence-electron chi connectivity index (χ3n) is 10.3. The van der Waals surface area contributed by atoms with Crippen molar-refractivity contribution >= 4 is 69.7 Å². The standard InChI is InChI=1S/C15H16N6O.C9H10N2O.2C8H19N.C3HCl2N3.C3H7N/c22-13-6-1-9-7-11(4-5-12(9)20-13)19-15-17-8-16-14(21-15)18-10-2-3-10;10-7-2-3-8-6(5-7)1-4-9(12)11-8;2*1-6-9(7(2)3)8(4)5;4-2-6-1-7-3(5)8-2;4-3-1-2-3/h4-5,7-8,10H,1-3,6H2,(H,20,22)(H2,16,17,18,19,21);2-3,5H,1,4,10H2,(H,11,12);2*7-8H,6H2,1-5H3;1H;3H,1-2,4H2. The molecule has 0 spiro atoms. The lowest BCUT2D eigenvalue weighted by atomic mass is 10.0. The van der Waals surface area contributed by atoms with Crippen LogP contribution < -0.4 is 32.7 Å².